The van der Waals surface area contributed by atoms with Gasteiger partial charge in [-0.15, -0.1) is 0 Å². The number of rotatable bonds is 6. The van der Waals surface area contributed by atoms with Crippen molar-refractivity contribution >= 4 is 0 Å². The molecule has 0 aliphatic heterocycles. The zero-order chi connectivity index (χ0) is 17.0. The van der Waals surface area contributed by atoms with Crippen LogP contribution in [0.15, 0.2) is 36.5 Å². The lowest BCUT2D eigenvalue weighted by Crippen LogP contribution is -2.28. The molecule has 23 heavy (non-hydrogen) atoms. The molecule has 2 aromatic rings. The highest BCUT2D eigenvalue weighted by atomic mass is 16.3. The first kappa shape index (κ1) is 17.7. The average Bonchev–Trinajstić information content (AvgIpc) is 2.87. The number of benzene rings is 1. The molecule has 0 saturated carbocycles. The van der Waals surface area contributed by atoms with Crippen LogP contribution in [-0.2, 0) is 19.0 Å². The predicted octanol–water partition coefficient (Wildman–Crippen LogP) is 3.32. The van der Waals surface area contributed by atoms with Crippen LogP contribution in [0.1, 0.15) is 57.0 Å². The van der Waals surface area contributed by atoms with Crippen LogP contribution >= 0.6 is 0 Å². The molecule has 126 valence electrons. The molecule has 0 spiro atoms. The molecule has 1 heterocycles. The minimum atomic E-state index is -0.435. The third kappa shape index (κ3) is 4.91. The second-order valence-electron chi connectivity index (χ2n) is 7.37. The molecular formula is C19H29N3O. The minimum absolute atomic E-state index is 0.0328. The predicted molar refractivity (Wildman–Crippen MR) is 94.2 cm³/mol. The Morgan fingerprint density at radius 1 is 1.22 bits per heavy atom. The van der Waals surface area contributed by atoms with E-state index >= 15 is 0 Å². The number of hydrogen-bond acceptors (Lipinski definition) is 3. The van der Waals surface area contributed by atoms with Crippen LogP contribution in [0.2, 0.25) is 0 Å². The molecule has 0 fully saturated rings. The van der Waals surface area contributed by atoms with Crippen molar-refractivity contribution in [1.29, 1.82) is 0 Å². The number of nitrogens with one attached hydrogen (secondary N) is 1. The Morgan fingerprint density at radius 2 is 1.87 bits per heavy atom. The number of aryl methyl sites for hydroxylation is 1. The monoisotopic (exact) mass is 315 g/mol. The van der Waals surface area contributed by atoms with Gasteiger partial charge in [-0.2, -0.15) is 5.10 Å². The van der Waals surface area contributed by atoms with Crippen molar-refractivity contribution < 1.29 is 5.11 Å². The molecule has 0 aliphatic rings. The van der Waals surface area contributed by atoms with E-state index in [9.17, 15) is 5.11 Å². The number of aliphatic hydroxyl groups is 1. The van der Waals surface area contributed by atoms with Crippen LogP contribution in [-0.4, -0.2) is 20.9 Å². The summed E-state index contributed by atoms with van der Waals surface area (Å²) < 4.78 is 1.88. The molecule has 2 N–H and O–H groups in total. The normalized spacial score (nSPS) is 14.7. The van der Waals surface area contributed by atoms with Crippen molar-refractivity contribution in [2.45, 2.75) is 58.2 Å². The molecular weight excluding hydrogens is 286 g/mol. The van der Waals surface area contributed by atoms with Gasteiger partial charge in [0.1, 0.15) is 0 Å². The van der Waals surface area contributed by atoms with E-state index < -0.39 is 6.10 Å². The summed E-state index contributed by atoms with van der Waals surface area (Å²) >= 11 is 0. The molecule has 0 aliphatic carbocycles. The van der Waals surface area contributed by atoms with Gasteiger partial charge in [-0.25, -0.2) is 0 Å². The van der Waals surface area contributed by atoms with Crippen LogP contribution in [0.4, 0.5) is 0 Å². The first-order valence-electron chi connectivity index (χ1n) is 8.26. The van der Waals surface area contributed by atoms with Gasteiger partial charge >= 0.3 is 0 Å². The fraction of sp³-hybridized carbons (Fsp3) is 0.526. The summed E-state index contributed by atoms with van der Waals surface area (Å²) in [6.07, 6.45) is 2.33. The van der Waals surface area contributed by atoms with E-state index in [2.05, 4.69) is 44.3 Å². The largest absolute Gasteiger partial charge is 0.388 e. The Hall–Kier alpha value is -1.65. The second-order valence-corrected chi connectivity index (χ2v) is 7.37. The lowest BCUT2D eigenvalue weighted by molar-refractivity contribution is 0.154. The Balaban J connectivity index is 1.93. The SMILES string of the molecule is CC(CC(O)c1ccccc1)NCc1cn(C)nc1C(C)(C)C. The molecule has 2 rings (SSSR count). The van der Waals surface area contributed by atoms with Crippen molar-refractivity contribution in [3.05, 3.63) is 53.3 Å². The molecule has 2 unspecified atom stereocenters. The van der Waals surface area contributed by atoms with Crippen LogP contribution < -0.4 is 5.32 Å². The average molecular weight is 315 g/mol. The van der Waals surface area contributed by atoms with Crippen LogP contribution in [0, 0.1) is 0 Å². The second kappa shape index (κ2) is 7.28. The fourth-order valence-electron chi connectivity index (χ4n) is 2.81. The summed E-state index contributed by atoms with van der Waals surface area (Å²) in [5.74, 6) is 0. The summed E-state index contributed by atoms with van der Waals surface area (Å²) in [6.45, 7) is 9.42. The Bertz CT molecular complexity index is 613. The van der Waals surface area contributed by atoms with Gasteiger partial charge in [0.25, 0.3) is 0 Å². The van der Waals surface area contributed by atoms with E-state index in [1.54, 1.807) is 0 Å². The van der Waals surface area contributed by atoms with Gasteiger partial charge in [-0.1, -0.05) is 51.1 Å². The first-order valence-corrected chi connectivity index (χ1v) is 8.26. The maximum atomic E-state index is 10.3. The molecule has 0 saturated heterocycles. The van der Waals surface area contributed by atoms with Crippen molar-refractivity contribution in [2.24, 2.45) is 7.05 Å². The number of hydrogen-bond donors (Lipinski definition) is 2. The maximum absolute atomic E-state index is 10.3. The van der Waals surface area contributed by atoms with Crippen molar-refractivity contribution in [3.63, 3.8) is 0 Å². The van der Waals surface area contributed by atoms with Crippen LogP contribution in [0.5, 0.6) is 0 Å². The third-order valence-electron chi connectivity index (χ3n) is 4.02. The molecule has 0 amide bonds. The van der Waals surface area contributed by atoms with Gasteiger partial charge in [0.15, 0.2) is 0 Å². The minimum Gasteiger partial charge on any atom is -0.388 e. The number of aromatic nitrogens is 2. The highest BCUT2D eigenvalue weighted by Gasteiger charge is 2.22. The first-order chi connectivity index (χ1) is 10.8. The number of nitrogens with zero attached hydrogens (tertiary/aromatic N) is 2. The molecule has 4 nitrogen and oxygen atoms in total. The summed E-state index contributed by atoms with van der Waals surface area (Å²) in [5, 5.41) is 18.4. The van der Waals surface area contributed by atoms with E-state index in [0.717, 1.165) is 17.8 Å². The quantitative estimate of drug-likeness (QED) is 0.860. The Morgan fingerprint density at radius 3 is 2.48 bits per heavy atom. The molecule has 2 atom stereocenters. The van der Waals surface area contributed by atoms with Gasteiger partial charge in [0.2, 0.25) is 0 Å². The highest BCUT2D eigenvalue weighted by Crippen LogP contribution is 2.24. The Kier molecular flexibility index (Phi) is 5.60. The van der Waals surface area contributed by atoms with Crippen molar-refractivity contribution in [3.8, 4) is 0 Å². The van der Waals surface area contributed by atoms with Gasteiger partial charge in [0, 0.05) is 36.8 Å². The van der Waals surface area contributed by atoms with Crippen LogP contribution in [0.25, 0.3) is 0 Å². The highest BCUT2D eigenvalue weighted by molar-refractivity contribution is 5.24. The zero-order valence-electron chi connectivity index (χ0n) is 14.9. The smallest absolute Gasteiger partial charge is 0.0804 e. The van der Waals surface area contributed by atoms with E-state index in [4.69, 9.17) is 0 Å². The molecule has 4 heteroatoms. The number of aliphatic hydroxyl groups excluding tert-OH is 1. The van der Waals surface area contributed by atoms with Crippen LogP contribution in [0.3, 0.4) is 0 Å². The summed E-state index contributed by atoms with van der Waals surface area (Å²) in [7, 11) is 1.96. The topological polar surface area (TPSA) is 50.1 Å². The summed E-state index contributed by atoms with van der Waals surface area (Å²) in [5.41, 5.74) is 3.35. The lowest BCUT2D eigenvalue weighted by atomic mass is 9.89. The zero-order valence-corrected chi connectivity index (χ0v) is 14.9. The van der Waals surface area contributed by atoms with Gasteiger partial charge in [0.05, 0.1) is 11.8 Å². The maximum Gasteiger partial charge on any atom is 0.0804 e. The van der Waals surface area contributed by atoms with Crippen molar-refractivity contribution in [1.82, 2.24) is 15.1 Å². The van der Waals surface area contributed by atoms with E-state index in [-0.39, 0.29) is 11.5 Å². The molecule has 0 radical (unpaired) electrons. The molecule has 0 bridgehead atoms. The van der Waals surface area contributed by atoms with Crippen molar-refractivity contribution in [2.75, 3.05) is 0 Å². The Labute approximate surface area is 139 Å². The molecule has 1 aromatic heterocycles. The van der Waals surface area contributed by atoms with E-state index in [0.29, 0.717) is 6.42 Å². The molecule has 1 aromatic carbocycles. The van der Waals surface area contributed by atoms with E-state index in [1.807, 2.05) is 42.1 Å². The third-order valence-corrected chi connectivity index (χ3v) is 4.02. The van der Waals surface area contributed by atoms with E-state index in [1.165, 1.54) is 5.56 Å². The lowest BCUT2D eigenvalue weighted by Gasteiger charge is -2.20. The standard InChI is InChI=1S/C19H29N3O/c1-14(11-17(23)15-9-7-6-8-10-15)20-12-16-13-22(5)21-18(16)19(2,3)4/h6-10,13-14,17,20,23H,11-12H2,1-5H3. The fourth-order valence-corrected chi connectivity index (χ4v) is 2.81. The summed E-state index contributed by atoms with van der Waals surface area (Å²) in [4.78, 5) is 0. The summed E-state index contributed by atoms with van der Waals surface area (Å²) in [6, 6.07) is 10.0. The van der Waals surface area contributed by atoms with Gasteiger partial charge in [-0.05, 0) is 18.9 Å². The van der Waals surface area contributed by atoms with Gasteiger partial charge in [-0.3, -0.25) is 4.68 Å². The van der Waals surface area contributed by atoms with Gasteiger partial charge < -0.3 is 10.4 Å².